The zero-order chi connectivity index (χ0) is 20.2. The Morgan fingerprint density at radius 2 is 1.86 bits per heavy atom. The van der Waals surface area contributed by atoms with Gasteiger partial charge in [0.15, 0.2) is 5.82 Å². The summed E-state index contributed by atoms with van der Waals surface area (Å²) in [5.74, 6) is 1.73. The maximum atomic E-state index is 12.3. The van der Waals surface area contributed by atoms with Crippen molar-refractivity contribution in [3.8, 4) is 0 Å². The molecule has 1 amide bonds. The molecular formula is C21H24N4O3S. The molecule has 1 aliphatic rings. The number of amides is 1. The molecule has 29 heavy (non-hydrogen) atoms. The van der Waals surface area contributed by atoms with Crippen molar-refractivity contribution < 1.29 is 13.9 Å². The van der Waals surface area contributed by atoms with E-state index < -0.39 is 0 Å². The Balaban J connectivity index is 1.52. The zero-order valence-corrected chi connectivity index (χ0v) is 17.3. The highest BCUT2D eigenvalue weighted by atomic mass is 32.2. The number of nitrogens with one attached hydrogen (secondary N) is 1. The summed E-state index contributed by atoms with van der Waals surface area (Å²) < 4.78 is 11.1. The van der Waals surface area contributed by atoms with Gasteiger partial charge in [0, 0.05) is 13.1 Å². The highest BCUT2D eigenvalue weighted by Crippen LogP contribution is 2.30. The molecule has 2 atom stereocenters. The van der Waals surface area contributed by atoms with Gasteiger partial charge in [-0.05, 0) is 38.1 Å². The highest BCUT2D eigenvalue weighted by molar-refractivity contribution is 8.00. The second-order valence-corrected chi connectivity index (χ2v) is 8.11. The third-order valence-electron chi connectivity index (χ3n) is 4.62. The fraction of sp³-hybridized carbons (Fsp3) is 0.381. The van der Waals surface area contributed by atoms with Crippen LogP contribution in [-0.4, -0.2) is 46.9 Å². The molecule has 0 aliphatic carbocycles. The summed E-state index contributed by atoms with van der Waals surface area (Å²) in [5.41, 5.74) is 1.67. The van der Waals surface area contributed by atoms with Crippen molar-refractivity contribution in [1.29, 1.82) is 0 Å². The van der Waals surface area contributed by atoms with E-state index >= 15 is 0 Å². The molecule has 1 aromatic carbocycles. The first-order valence-corrected chi connectivity index (χ1v) is 10.7. The molecule has 3 aromatic rings. The van der Waals surface area contributed by atoms with Crippen molar-refractivity contribution in [2.24, 2.45) is 0 Å². The molecule has 1 fully saturated rings. The third-order valence-corrected chi connectivity index (χ3v) is 5.57. The number of carbonyl (C=O) groups is 1. The summed E-state index contributed by atoms with van der Waals surface area (Å²) in [5, 5.41) is 3.63. The summed E-state index contributed by atoms with van der Waals surface area (Å²) in [6.45, 7) is 5.99. The van der Waals surface area contributed by atoms with E-state index in [-0.39, 0.29) is 23.9 Å². The van der Waals surface area contributed by atoms with Gasteiger partial charge in [-0.3, -0.25) is 4.79 Å². The molecule has 0 unspecified atom stereocenters. The Bertz CT molecular complexity index is 969. The van der Waals surface area contributed by atoms with Crippen LogP contribution in [0.25, 0.3) is 11.0 Å². The Kier molecular flexibility index (Phi) is 6.01. The summed E-state index contributed by atoms with van der Waals surface area (Å²) in [4.78, 5) is 24.2. The molecule has 4 rings (SSSR count). The van der Waals surface area contributed by atoms with Crippen LogP contribution in [0, 0.1) is 0 Å². The number of hydrogen-bond donors (Lipinski definition) is 1. The summed E-state index contributed by atoms with van der Waals surface area (Å²) in [7, 11) is 0. The molecule has 3 heterocycles. The minimum Gasteiger partial charge on any atom is -0.467 e. The normalized spacial score (nSPS) is 19.4. The van der Waals surface area contributed by atoms with E-state index in [0.717, 1.165) is 40.7 Å². The average molecular weight is 413 g/mol. The van der Waals surface area contributed by atoms with Crippen molar-refractivity contribution in [2.45, 2.75) is 37.6 Å². The number of ether oxygens (including phenoxy) is 1. The van der Waals surface area contributed by atoms with Gasteiger partial charge in [-0.2, -0.15) is 0 Å². The number of nitrogens with zero attached hydrogens (tertiary/aromatic N) is 3. The minimum atomic E-state index is -0.0731. The number of para-hydroxylation sites is 2. The smallest absolute Gasteiger partial charge is 0.230 e. The van der Waals surface area contributed by atoms with Crippen LogP contribution >= 0.6 is 11.8 Å². The van der Waals surface area contributed by atoms with E-state index in [0.29, 0.717) is 6.54 Å². The van der Waals surface area contributed by atoms with Gasteiger partial charge in [-0.25, -0.2) is 9.97 Å². The number of carbonyl (C=O) groups excluding carboxylic acids is 1. The lowest BCUT2D eigenvalue weighted by molar-refractivity contribution is -0.118. The molecule has 1 N–H and O–H groups in total. The first-order valence-electron chi connectivity index (χ1n) is 9.67. The number of morpholine rings is 1. The lowest BCUT2D eigenvalue weighted by Crippen LogP contribution is -2.46. The van der Waals surface area contributed by atoms with Crippen LogP contribution in [0.2, 0.25) is 0 Å². The molecule has 1 aliphatic heterocycles. The van der Waals surface area contributed by atoms with E-state index in [1.54, 1.807) is 12.3 Å². The number of benzene rings is 1. The van der Waals surface area contributed by atoms with Gasteiger partial charge in [0.2, 0.25) is 5.91 Å². The van der Waals surface area contributed by atoms with Crippen LogP contribution in [0.4, 0.5) is 5.82 Å². The van der Waals surface area contributed by atoms with Crippen LogP contribution in [0.5, 0.6) is 0 Å². The van der Waals surface area contributed by atoms with Gasteiger partial charge in [-0.1, -0.05) is 23.9 Å². The standard InChI is InChI=1S/C21H24N4O3S/c1-14-11-25(12-15(2)28-14)20-21(24-18-8-4-3-7-17(18)23-20)29-13-19(26)22-10-16-6-5-9-27-16/h3-9,14-15H,10-13H2,1-2H3,(H,22,26)/t14-,15-/m0/s1. The van der Waals surface area contributed by atoms with Crippen LogP contribution < -0.4 is 10.2 Å². The number of thioether (sulfide) groups is 1. The number of anilines is 1. The molecule has 152 valence electrons. The number of hydrogen-bond acceptors (Lipinski definition) is 7. The summed E-state index contributed by atoms with van der Waals surface area (Å²) in [6, 6.07) is 11.4. The fourth-order valence-electron chi connectivity index (χ4n) is 3.41. The van der Waals surface area contributed by atoms with Gasteiger partial charge in [0.1, 0.15) is 10.8 Å². The van der Waals surface area contributed by atoms with Gasteiger partial charge >= 0.3 is 0 Å². The van der Waals surface area contributed by atoms with Crippen molar-refractivity contribution >= 4 is 34.5 Å². The van der Waals surface area contributed by atoms with Gasteiger partial charge < -0.3 is 19.4 Å². The Hall–Kier alpha value is -2.58. The number of furan rings is 1. The van der Waals surface area contributed by atoms with E-state index in [1.165, 1.54) is 11.8 Å². The van der Waals surface area contributed by atoms with E-state index in [4.69, 9.17) is 19.1 Å². The molecule has 0 radical (unpaired) electrons. The van der Waals surface area contributed by atoms with Crippen LogP contribution in [-0.2, 0) is 16.1 Å². The molecular weight excluding hydrogens is 388 g/mol. The van der Waals surface area contributed by atoms with E-state index in [1.807, 2.05) is 30.3 Å². The zero-order valence-electron chi connectivity index (χ0n) is 16.5. The summed E-state index contributed by atoms with van der Waals surface area (Å²) >= 11 is 1.40. The first-order chi connectivity index (χ1) is 14.1. The lowest BCUT2D eigenvalue weighted by Gasteiger charge is -2.36. The number of aromatic nitrogens is 2. The van der Waals surface area contributed by atoms with E-state index in [9.17, 15) is 4.79 Å². The second-order valence-electron chi connectivity index (χ2n) is 7.15. The van der Waals surface area contributed by atoms with Gasteiger partial charge in [0.25, 0.3) is 0 Å². The second kappa shape index (κ2) is 8.84. The Labute approximate surface area is 173 Å². The van der Waals surface area contributed by atoms with Crippen LogP contribution in [0.3, 0.4) is 0 Å². The maximum absolute atomic E-state index is 12.3. The predicted molar refractivity (Wildman–Crippen MR) is 113 cm³/mol. The fourth-order valence-corrected chi connectivity index (χ4v) is 4.25. The largest absolute Gasteiger partial charge is 0.467 e. The van der Waals surface area contributed by atoms with E-state index in [2.05, 4.69) is 24.1 Å². The molecule has 0 spiro atoms. The maximum Gasteiger partial charge on any atom is 0.230 e. The first kappa shape index (κ1) is 19.7. The molecule has 0 bridgehead atoms. The molecule has 7 nitrogen and oxygen atoms in total. The molecule has 2 aromatic heterocycles. The van der Waals surface area contributed by atoms with Crippen LogP contribution in [0.15, 0.2) is 52.1 Å². The molecule has 1 saturated heterocycles. The van der Waals surface area contributed by atoms with Crippen LogP contribution in [0.1, 0.15) is 19.6 Å². The minimum absolute atomic E-state index is 0.0731. The Morgan fingerprint density at radius 3 is 2.55 bits per heavy atom. The summed E-state index contributed by atoms with van der Waals surface area (Å²) in [6.07, 6.45) is 1.82. The van der Waals surface area contributed by atoms with Crippen molar-refractivity contribution in [3.05, 3.63) is 48.4 Å². The van der Waals surface area contributed by atoms with Gasteiger partial charge in [-0.15, -0.1) is 0 Å². The average Bonchev–Trinajstić information content (AvgIpc) is 3.23. The SMILES string of the molecule is C[C@H]1CN(c2nc3ccccc3nc2SCC(=O)NCc2ccco2)C[C@H](C)O1. The van der Waals surface area contributed by atoms with Crippen molar-refractivity contribution in [1.82, 2.24) is 15.3 Å². The van der Waals surface area contributed by atoms with Crippen molar-refractivity contribution in [3.63, 3.8) is 0 Å². The quantitative estimate of drug-likeness (QED) is 0.623. The predicted octanol–water partition coefficient (Wildman–Crippen LogP) is 3.24. The molecule has 0 saturated carbocycles. The lowest BCUT2D eigenvalue weighted by atomic mass is 10.2. The monoisotopic (exact) mass is 412 g/mol. The molecule has 8 heteroatoms. The van der Waals surface area contributed by atoms with Crippen molar-refractivity contribution in [2.75, 3.05) is 23.7 Å². The van der Waals surface area contributed by atoms with Gasteiger partial charge in [0.05, 0.1) is 41.8 Å². The topological polar surface area (TPSA) is 80.5 Å². The number of rotatable bonds is 6. The third kappa shape index (κ3) is 4.89. The highest BCUT2D eigenvalue weighted by Gasteiger charge is 2.26. The number of fused-ring (bicyclic) bond motifs is 1. The Morgan fingerprint density at radius 1 is 1.14 bits per heavy atom.